The summed E-state index contributed by atoms with van der Waals surface area (Å²) >= 11 is 3.45. The molecule has 1 amide bonds. The molecule has 0 heterocycles. The molecule has 29 heavy (non-hydrogen) atoms. The van der Waals surface area contributed by atoms with Crippen molar-refractivity contribution in [2.24, 2.45) is 5.10 Å². The van der Waals surface area contributed by atoms with Gasteiger partial charge in [0, 0.05) is 15.6 Å². The maximum atomic E-state index is 12.3. The van der Waals surface area contributed by atoms with Crippen LogP contribution in [0.2, 0.25) is 0 Å². The summed E-state index contributed by atoms with van der Waals surface area (Å²) < 4.78 is 6.84. The van der Waals surface area contributed by atoms with Crippen LogP contribution >= 0.6 is 15.9 Å². The van der Waals surface area contributed by atoms with Gasteiger partial charge in [0.25, 0.3) is 5.91 Å². The van der Waals surface area contributed by atoms with Crippen molar-refractivity contribution in [1.29, 1.82) is 0 Å². The molecular weight excluding hydrogens is 428 g/mol. The first-order chi connectivity index (χ1) is 14.2. The number of halogens is 1. The van der Waals surface area contributed by atoms with Gasteiger partial charge in [0.15, 0.2) is 0 Å². The third kappa shape index (κ3) is 4.93. The number of nitrogens with one attached hydrogen (secondary N) is 1. The first kappa shape index (κ1) is 19.4. The van der Waals surface area contributed by atoms with Crippen molar-refractivity contribution in [3.8, 4) is 5.75 Å². The van der Waals surface area contributed by atoms with Crippen LogP contribution in [-0.4, -0.2) is 12.1 Å². The minimum absolute atomic E-state index is 0.251. The number of benzene rings is 3. The second-order valence-corrected chi connectivity index (χ2v) is 7.84. The van der Waals surface area contributed by atoms with Crippen molar-refractivity contribution in [3.63, 3.8) is 0 Å². The molecule has 3 aromatic rings. The van der Waals surface area contributed by atoms with Crippen LogP contribution in [0.25, 0.3) is 0 Å². The number of carbonyl (C=O) groups excluding carboxylic acids is 1. The van der Waals surface area contributed by atoms with E-state index in [0.717, 1.165) is 27.8 Å². The first-order valence-electron chi connectivity index (χ1n) is 9.60. The zero-order chi connectivity index (χ0) is 20.1. The second kappa shape index (κ2) is 9.05. The summed E-state index contributed by atoms with van der Waals surface area (Å²) in [5.41, 5.74) is 7.85. The van der Waals surface area contributed by atoms with Crippen LogP contribution < -0.4 is 10.2 Å². The number of ether oxygens (including phenoxy) is 1. The standard InChI is InChI=1S/C24H21BrN2O2/c25-23-7-2-1-4-21(23)15-26-27-24(28)19-10-8-17(9-11-19)16-29-22-13-12-18-5-3-6-20(18)14-22/h1-2,4,7-15H,3,5-6,16H2,(H,27,28)/b26-15-. The van der Waals surface area contributed by atoms with E-state index in [2.05, 4.69) is 38.6 Å². The Balaban J connectivity index is 1.31. The highest BCUT2D eigenvalue weighted by Crippen LogP contribution is 2.26. The van der Waals surface area contributed by atoms with E-state index in [1.54, 1.807) is 18.3 Å². The van der Waals surface area contributed by atoms with E-state index in [1.165, 1.54) is 24.0 Å². The molecule has 0 atom stereocenters. The highest BCUT2D eigenvalue weighted by molar-refractivity contribution is 9.10. The van der Waals surface area contributed by atoms with Crippen molar-refractivity contribution in [1.82, 2.24) is 5.43 Å². The highest BCUT2D eigenvalue weighted by atomic mass is 79.9. The van der Waals surface area contributed by atoms with E-state index in [4.69, 9.17) is 4.74 Å². The van der Waals surface area contributed by atoms with Crippen molar-refractivity contribution in [3.05, 3.63) is 99.0 Å². The Hall–Kier alpha value is -2.92. The average Bonchev–Trinajstić information content (AvgIpc) is 3.22. The largest absolute Gasteiger partial charge is 0.489 e. The molecule has 1 aliphatic rings. The fraction of sp³-hybridized carbons (Fsp3) is 0.167. The molecule has 1 aliphatic carbocycles. The van der Waals surface area contributed by atoms with Crippen LogP contribution in [0.15, 0.2) is 76.3 Å². The third-order valence-electron chi connectivity index (χ3n) is 4.97. The number of hydrogen-bond acceptors (Lipinski definition) is 3. The topological polar surface area (TPSA) is 50.7 Å². The van der Waals surface area contributed by atoms with Gasteiger partial charge in [-0.15, -0.1) is 0 Å². The predicted octanol–water partition coefficient (Wildman–Crippen LogP) is 5.28. The lowest BCUT2D eigenvalue weighted by Gasteiger charge is -2.09. The zero-order valence-corrected chi connectivity index (χ0v) is 17.5. The summed E-state index contributed by atoms with van der Waals surface area (Å²) in [4.78, 5) is 12.3. The molecule has 4 rings (SSSR count). The molecule has 0 bridgehead atoms. The van der Waals surface area contributed by atoms with E-state index in [1.807, 2.05) is 42.5 Å². The summed E-state index contributed by atoms with van der Waals surface area (Å²) in [6.07, 6.45) is 5.15. The molecule has 146 valence electrons. The fourth-order valence-electron chi connectivity index (χ4n) is 3.36. The summed E-state index contributed by atoms with van der Waals surface area (Å²) in [5, 5.41) is 4.03. The summed E-state index contributed by atoms with van der Waals surface area (Å²) in [5.74, 6) is 0.647. The van der Waals surface area contributed by atoms with Gasteiger partial charge in [0.05, 0.1) is 6.21 Å². The van der Waals surface area contributed by atoms with Gasteiger partial charge in [0.1, 0.15) is 12.4 Å². The molecule has 0 radical (unpaired) electrons. The number of hydrazone groups is 1. The number of hydrogen-bond donors (Lipinski definition) is 1. The molecule has 5 heteroatoms. The maximum Gasteiger partial charge on any atom is 0.271 e. The van der Waals surface area contributed by atoms with Gasteiger partial charge in [0.2, 0.25) is 0 Å². The Labute approximate surface area is 178 Å². The lowest BCUT2D eigenvalue weighted by Crippen LogP contribution is -2.17. The van der Waals surface area contributed by atoms with E-state index in [0.29, 0.717) is 12.2 Å². The van der Waals surface area contributed by atoms with Crippen molar-refractivity contribution in [2.45, 2.75) is 25.9 Å². The molecule has 0 saturated carbocycles. The van der Waals surface area contributed by atoms with Gasteiger partial charge in [-0.25, -0.2) is 5.43 Å². The molecule has 0 aliphatic heterocycles. The predicted molar refractivity (Wildman–Crippen MR) is 118 cm³/mol. The summed E-state index contributed by atoms with van der Waals surface area (Å²) in [7, 11) is 0. The van der Waals surface area contributed by atoms with Gasteiger partial charge in [-0.05, 0) is 66.3 Å². The zero-order valence-electron chi connectivity index (χ0n) is 15.9. The minimum Gasteiger partial charge on any atom is -0.489 e. The van der Waals surface area contributed by atoms with Crippen molar-refractivity contribution >= 4 is 28.1 Å². The molecule has 0 aromatic heterocycles. The number of rotatable bonds is 6. The van der Waals surface area contributed by atoms with Crippen molar-refractivity contribution < 1.29 is 9.53 Å². The average molecular weight is 449 g/mol. The molecule has 0 spiro atoms. The Morgan fingerprint density at radius 1 is 1.03 bits per heavy atom. The summed E-state index contributed by atoms with van der Waals surface area (Å²) in [6, 6.07) is 21.4. The van der Waals surface area contributed by atoms with E-state index in [-0.39, 0.29) is 5.91 Å². The Morgan fingerprint density at radius 2 is 1.83 bits per heavy atom. The van der Waals surface area contributed by atoms with E-state index < -0.39 is 0 Å². The lowest BCUT2D eigenvalue weighted by atomic mass is 10.1. The number of fused-ring (bicyclic) bond motifs is 1. The number of amides is 1. The van der Waals surface area contributed by atoms with Crippen LogP contribution in [0.1, 0.15) is 39.0 Å². The first-order valence-corrected chi connectivity index (χ1v) is 10.4. The molecule has 0 unspecified atom stereocenters. The Kier molecular flexibility index (Phi) is 6.06. The molecular formula is C24H21BrN2O2. The summed E-state index contributed by atoms with van der Waals surface area (Å²) in [6.45, 7) is 0.473. The monoisotopic (exact) mass is 448 g/mol. The van der Waals surface area contributed by atoms with Gasteiger partial charge in [-0.1, -0.05) is 52.3 Å². The number of carbonyl (C=O) groups is 1. The van der Waals surface area contributed by atoms with Crippen molar-refractivity contribution in [2.75, 3.05) is 0 Å². The quantitative estimate of drug-likeness (QED) is 0.411. The van der Waals surface area contributed by atoms with Gasteiger partial charge in [-0.2, -0.15) is 5.10 Å². The Morgan fingerprint density at radius 3 is 2.66 bits per heavy atom. The second-order valence-electron chi connectivity index (χ2n) is 6.99. The Bertz CT molecular complexity index is 1050. The van der Waals surface area contributed by atoms with Gasteiger partial charge in [-0.3, -0.25) is 4.79 Å². The van der Waals surface area contributed by atoms with Crippen LogP contribution in [0.4, 0.5) is 0 Å². The molecule has 4 nitrogen and oxygen atoms in total. The molecule has 0 saturated heterocycles. The minimum atomic E-state index is -0.251. The molecule has 0 fully saturated rings. The highest BCUT2D eigenvalue weighted by Gasteiger charge is 2.11. The normalized spacial score (nSPS) is 12.7. The van der Waals surface area contributed by atoms with E-state index in [9.17, 15) is 4.79 Å². The van der Waals surface area contributed by atoms with Gasteiger partial charge >= 0.3 is 0 Å². The maximum absolute atomic E-state index is 12.3. The smallest absolute Gasteiger partial charge is 0.271 e. The van der Waals surface area contributed by atoms with Gasteiger partial charge < -0.3 is 4.74 Å². The van der Waals surface area contributed by atoms with Crippen LogP contribution in [0.3, 0.4) is 0 Å². The molecule has 1 N–H and O–H groups in total. The van der Waals surface area contributed by atoms with Crippen LogP contribution in [0, 0.1) is 0 Å². The SMILES string of the molecule is O=C(N/N=C\c1ccccc1Br)c1ccc(COc2ccc3c(c2)CCC3)cc1. The number of nitrogens with zero attached hydrogens (tertiary/aromatic N) is 1. The molecule has 3 aromatic carbocycles. The number of aryl methyl sites for hydroxylation is 2. The third-order valence-corrected chi connectivity index (χ3v) is 5.69. The van der Waals surface area contributed by atoms with Crippen LogP contribution in [0.5, 0.6) is 5.75 Å². The lowest BCUT2D eigenvalue weighted by molar-refractivity contribution is 0.0955. The van der Waals surface area contributed by atoms with E-state index >= 15 is 0 Å². The fourth-order valence-corrected chi connectivity index (χ4v) is 3.75. The van der Waals surface area contributed by atoms with Crippen LogP contribution in [-0.2, 0) is 19.4 Å².